The molecule has 1 fully saturated rings. The van der Waals surface area contributed by atoms with Gasteiger partial charge in [0.2, 0.25) is 5.95 Å². The van der Waals surface area contributed by atoms with E-state index >= 15 is 0 Å². The second-order valence-corrected chi connectivity index (χ2v) is 4.83. The van der Waals surface area contributed by atoms with Gasteiger partial charge < -0.3 is 20.1 Å². The third kappa shape index (κ3) is 2.13. The molecule has 2 aromatic heterocycles. The lowest BCUT2D eigenvalue weighted by atomic mass is 10.1. The Labute approximate surface area is 119 Å². The number of hydrogen-bond donors (Lipinski definition) is 5. The number of aliphatic hydroxyl groups is 3. The zero-order chi connectivity index (χ0) is 15.1. The Kier molecular flexibility index (Phi) is 3.47. The monoisotopic (exact) mass is 296 g/mol. The molecule has 2 aromatic rings. The van der Waals surface area contributed by atoms with E-state index in [9.17, 15) is 10.2 Å². The lowest BCUT2D eigenvalue weighted by Gasteiger charge is -2.16. The molecule has 0 amide bonds. The van der Waals surface area contributed by atoms with Crippen LogP contribution in [0.15, 0.2) is 6.33 Å². The first-order chi connectivity index (χ1) is 10.1. The van der Waals surface area contributed by atoms with Gasteiger partial charge in [-0.15, -0.1) is 0 Å². The van der Waals surface area contributed by atoms with Crippen molar-refractivity contribution >= 4 is 17.1 Å². The van der Waals surface area contributed by atoms with E-state index in [0.717, 1.165) is 0 Å². The minimum Gasteiger partial charge on any atom is -0.394 e. The topological polar surface area (TPSA) is 152 Å². The summed E-state index contributed by atoms with van der Waals surface area (Å²) in [6.07, 6.45) is -2.72. The number of aromatic nitrogens is 4. The third-order valence-electron chi connectivity index (χ3n) is 3.52. The molecule has 3 heterocycles. The van der Waals surface area contributed by atoms with Crippen molar-refractivity contribution in [1.29, 1.82) is 0 Å². The quantitative estimate of drug-likeness (QED) is 0.321. The maximum Gasteiger partial charge on any atom is 0.239 e. The van der Waals surface area contributed by atoms with Crippen LogP contribution in [-0.2, 0) is 4.74 Å². The number of aliphatic hydroxyl groups excluding tert-OH is 3. The highest BCUT2D eigenvalue weighted by atomic mass is 16.6. The van der Waals surface area contributed by atoms with E-state index in [1.54, 1.807) is 6.92 Å². The number of hydrazine groups is 1. The zero-order valence-corrected chi connectivity index (χ0v) is 11.2. The Balaban J connectivity index is 2.07. The molecule has 0 aliphatic carbocycles. The summed E-state index contributed by atoms with van der Waals surface area (Å²) in [5.74, 6) is 5.52. The first kappa shape index (κ1) is 14.1. The zero-order valence-electron chi connectivity index (χ0n) is 11.2. The van der Waals surface area contributed by atoms with Crippen molar-refractivity contribution in [1.82, 2.24) is 19.5 Å². The number of rotatable bonds is 3. The molecule has 0 aromatic carbocycles. The van der Waals surface area contributed by atoms with Gasteiger partial charge in [0.1, 0.15) is 23.8 Å². The van der Waals surface area contributed by atoms with Crippen LogP contribution in [0.25, 0.3) is 11.2 Å². The number of anilines is 1. The van der Waals surface area contributed by atoms with Crippen LogP contribution in [0.5, 0.6) is 0 Å². The number of aryl methyl sites for hydroxylation is 1. The SMILES string of the molecule is Cc1nc(NN)nc2c1ncn2C1O[C@H](CO)[C@@H](O)[C@H]1O. The summed E-state index contributed by atoms with van der Waals surface area (Å²) >= 11 is 0. The average molecular weight is 296 g/mol. The summed E-state index contributed by atoms with van der Waals surface area (Å²) in [6, 6.07) is 0. The van der Waals surface area contributed by atoms with Gasteiger partial charge in [-0.2, -0.15) is 4.98 Å². The van der Waals surface area contributed by atoms with E-state index < -0.39 is 31.1 Å². The lowest BCUT2D eigenvalue weighted by molar-refractivity contribution is -0.0511. The molecule has 0 radical (unpaired) electrons. The van der Waals surface area contributed by atoms with Gasteiger partial charge in [0.15, 0.2) is 11.9 Å². The van der Waals surface area contributed by atoms with Crippen LogP contribution in [0.1, 0.15) is 11.9 Å². The van der Waals surface area contributed by atoms with Gasteiger partial charge in [0, 0.05) is 0 Å². The van der Waals surface area contributed by atoms with Crippen LogP contribution in [0, 0.1) is 6.92 Å². The van der Waals surface area contributed by atoms with Crippen LogP contribution in [0.2, 0.25) is 0 Å². The van der Waals surface area contributed by atoms with Gasteiger partial charge >= 0.3 is 0 Å². The van der Waals surface area contributed by atoms with Crippen molar-refractivity contribution in [2.45, 2.75) is 31.5 Å². The number of fused-ring (bicyclic) bond motifs is 1. The van der Waals surface area contributed by atoms with Crippen LogP contribution in [-0.4, -0.2) is 59.8 Å². The van der Waals surface area contributed by atoms with E-state index in [0.29, 0.717) is 16.9 Å². The number of imidazole rings is 1. The van der Waals surface area contributed by atoms with Gasteiger partial charge in [-0.3, -0.25) is 9.99 Å². The van der Waals surface area contributed by atoms with Crippen molar-refractivity contribution < 1.29 is 20.1 Å². The third-order valence-corrected chi connectivity index (χ3v) is 3.52. The molecule has 4 atom stereocenters. The molecule has 1 saturated heterocycles. The summed E-state index contributed by atoms with van der Waals surface area (Å²) < 4.78 is 6.94. The predicted octanol–water partition coefficient (Wildman–Crippen LogP) is -1.97. The Morgan fingerprint density at radius 3 is 2.76 bits per heavy atom. The highest BCUT2D eigenvalue weighted by Gasteiger charge is 2.44. The standard InChI is InChI=1S/C11H16N6O4/c1-4-6-9(15-11(14-4)16-12)17(3-13-6)10-8(20)7(19)5(2-18)21-10/h3,5,7-8,10,18-20H,2,12H2,1H3,(H,14,15,16)/t5-,7-,8-,10?/m1/s1. The number of nitrogens with one attached hydrogen (secondary N) is 1. The molecule has 0 spiro atoms. The van der Waals surface area contributed by atoms with Crippen molar-refractivity contribution in [3.63, 3.8) is 0 Å². The largest absolute Gasteiger partial charge is 0.394 e. The summed E-state index contributed by atoms with van der Waals surface area (Å²) in [4.78, 5) is 12.5. The number of nitrogens with two attached hydrogens (primary N) is 1. The van der Waals surface area contributed by atoms with Crippen molar-refractivity contribution in [3.05, 3.63) is 12.0 Å². The summed E-state index contributed by atoms with van der Waals surface area (Å²) in [5.41, 5.74) is 3.90. The molecule has 10 nitrogen and oxygen atoms in total. The molecule has 114 valence electrons. The van der Waals surface area contributed by atoms with Crippen LogP contribution < -0.4 is 11.3 Å². The predicted molar refractivity (Wildman–Crippen MR) is 70.9 cm³/mol. The van der Waals surface area contributed by atoms with Crippen LogP contribution >= 0.6 is 0 Å². The summed E-state index contributed by atoms with van der Waals surface area (Å²) in [5, 5.41) is 29.0. The fraction of sp³-hybridized carbons (Fsp3) is 0.545. The minimum absolute atomic E-state index is 0.202. The van der Waals surface area contributed by atoms with Gasteiger partial charge in [-0.1, -0.05) is 0 Å². The molecule has 10 heteroatoms. The fourth-order valence-electron chi connectivity index (χ4n) is 2.42. The molecule has 21 heavy (non-hydrogen) atoms. The maximum absolute atomic E-state index is 10.1. The first-order valence-electron chi connectivity index (χ1n) is 6.37. The normalized spacial score (nSPS) is 29.2. The molecular formula is C11H16N6O4. The van der Waals surface area contributed by atoms with E-state index in [1.807, 2.05) is 0 Å². The Morgan fingerprint density at radius 1 is 1.38 bits per heavy atom. The molecule has 3 rings (SSSR count). The number of nitrogens with zero attached hydrogens (tertiary/aromatic N) is 4. The Hall–Kier alpha value is -1.85. The van der Waals surface area contributed by atoms with Crippen LogP contribution in [0.4, 0.5) is 5.95 Å². The lowest BCUT2D eigenvalue weighted by Crippen LogP contribution is -2.33. The maximum atomic E-state index is 10.1. The first-order valence-corrected chi connectivity index (χ1v) is 6.37. The van der Waals surface area contributed by atoms with Gasteiger partial charge in [-0.05, 0) is 6.92 Å². The molecule has 0 saturated carbocycles. The van der Waals surface area contributed by atoms with E-state index in [-0.39, 0.29) is 5.95 Å². The number of hydrogen-bond acceptors (Lipinski definition) is 9. The number of ether oxygens (including phenoxy) is 1. The van der Waals surface area contributed by atoms with E-state index in [1.165, 1.54) is 10.9 Å². The van der Waals surface area contributed by atoms with Gasteiger partial charge in [0.25, 0.3) is 0 Å². The molecule has 1 aliphatic heterocycles. The average Bonchev–Trinajstić information content (AvgIpc) is 3.02. The Bertz CT molecular complexity index is 661. The molecule has 6 N–H and O–H groups in total. The minimum atomic E-state index is -1.20. The second kappa shape index (κ2) is 5.16. The smallest absolute Gasteiger partial charge is 0.239 e. The fourth-order valence-corrected chi connectivity index (χ4v) is 2.42. The number of nitrogen functional groups attached to an aromatic ring is 1. The molecule has 1 unspecified atom stereocenters. The highest BCUT2D eigenvalue weighted by molar-refractivity contribution is 5.74. The van der Waals surface area contributed by atoms with Gasteiger partial charge in [-0.25, -0.2) is 15.8 Å². The molecule has 1 aliphatic rings. The van der Waals surface area contributed by atoms with Crippen molar-refractivity contribution in [2.24, 2.45) is 5.84 Å². The van der Waals surface area contributed by atoms with Gasteiger partial charge in [0.05, 0.1) is 18.6 Å². The van der Waals surface area contributed by atoms with Crippen molar-refractivity contribution in [2.75, 3.05) is 12.0 Å². The molecular weight excluding hydrogens is 280 g/mol. The highest BCUT2D eigenvalue weighted by Crippen LogP contribution is 2.31. The second-order valence-electron chi connectivity index (χ2n) is 4.83. The van der Waals surface area contributed by atoms with E-state index in [2.05, 4.69) is 20.4 Å². The van der Waals surface area contributed by atoms with E-state index in [4.69, 9.17) is 15.7 Å². The van der Waals surface area contributed by atoms with Crippen molar-refractivity contribution in [3.8, 4) is 0 Å². The summed E-state index contributed by atoms with van der Waals surface area (Å²) in [6.45, 7) is 1.35. The Morgan fingerprint density at radius 2 is 2.14 bits per heavy atom. The molecule has 0 bridgehead atoms. The summed E-state index contributed by atoms with van der Waals surface area (Å²) in [7, 11) is 0. The van der Waals surface area contributed by atoms with Crippen LogP contribution in [0.3, 0.4) is 0 Å².